The maximum absolute atomic E-state index is 9.50. The first kappa shape index (κ1) is 13.9. The highest BCUT2D eigenvalue weighted by molar-refractivity contribution is 5.00. The number of likely N-dealkylation sites (N-methyl/N-ethyl adjacent to an activating group) is 1. The molecule has 0 saturated heterocycles. The van der Waals surface area contributed by atoms with Crippen LogP contribution in [-0.2, 0) is 4.74 Å². The van der Waals surface area contributed by atoms with Crippen molar-refractivity contribution >= 4 is 0 Å². The van der Waals surface area contributed by atoms with E-state index in [2.05, 4.69) is 26.1 Å². The van der Waals surface area contributed by atoms with Crippen molar-refractivity contribution in [2.75, 3.05) is 26.9 Å². The van der Waals surface area contributed by atoms with Crippen molar-refractivity contribution in [3.05, 3.63) is 0 Å². The molecule has 0 heterocycles. The van der Waals surface area contributed by atoms with E-state index in [0.29, 0.717) is 17.9 Å². The molecule has 1 atom stereocenters. The van der Waals surface area contributed by atoms with Gasteiger partial charge in [0.1, 0.15) is 0 Å². The number of rotatable bonds is 7. The van der Waals surface area contributed by atoms with Crippen LogP contribution in [0.15, 0.2) is 0 Å². The first-order valence-electron chi connectivity index (χ1n) is 6.31. The number of nitrogens with one attached hydrogen (secondary N) is 1. The molecule has 16 heavy (non-hydrogen) atoms. The van der Waals surface area contributed by atoms with E-state index < -0.39 is 0 Å². The van der Waals surface area contributed by atoms with Crippen molar-refractivity contribution in [3.63, 3.8) is 0 Å². The second kappa shape index (κ2) is 5.48. The molecule has 3 heteroatoms. The molecule has 0 amide bonds. The molecule has 0 spiro atoms. The van der Waals surface area contributed by atoms with Crippen LogP contribution in [0.25, 0.3) is 0 Å². The molecule has 0 radical (unpaired) electrons. The Morgan fingerprint density at radius 3 is 2.31 bits per heavy atom. The molecule has 2 N–H and O–H groups in total. The van der Waals surface area contributed by atoms with E-state index in [1.165, 1.54) is 12.8 Å². The highest BCUT2D eigenvalue weighted by atomic mass is 16.5. The second-order valence-electron chi connectivity index (χ2n) is 6.20. The van der Waals surface area contributed by atoms with Crippen molar-refractivity contribution in [2.45, 2.75) is 45.6 Å². The Morgan fingerprint density at radius 1 is 1.31 bits per heavy atom. The van der Waals surface area contributed by atoms with E-state index in [4.69, 9.17) is 4.74 Å². The van der Waals surface area contributed by atoms with E-state index in [0.717, 1.165) is 13.0 Å². The SMILES string of the molecule is CNC(CO)(COCCC(C)(C)C)C1CC1. The smallest absolute Gasteiger partial charge is 0.0676 e. The van der Waals surface area contributed by atoms with Gasteiger partial charge in [-0.05, 0) is 37.6 Å². The maximum atomic E-state index is 9.50. The standard InChI is InChI=1S/C13H27NO2/c1-12(2,3)7-8-16-10-13(9-15,14-4)11-5-6-11/h11,14-15H,5-10H2,1-4H3. The molecule has 0 aliphatic heterocycles. The number of hydrogen-bond acceptors (Lipinski definition) is 3. The zero-order chi connectivity index (χ0) is 12.2. The van der Waals surface area contributed by atoms with Gasteiger partial charge in [-0.3, -0.25) is 0 Å². The van der Waals surface area contributed by atoms with Crippen LogP contribution in [0.2, 0.25) is 0 Å². The van der Waals surface area contributed by atoms with Crippen LogP contribution < -0.4 is 5.32 Å². The predicted molar refractivity (Wildman–Crippen MR) is 66.5 cm³/mol. The summed E-state index contributed by atoms with van der Waals surface area (Å²) < 4.78 is 5.74. The third kappa shape index (κ3) is 4.04. The van der Waals surface area contributed by atoms with E-state index in [1.54, 1.807) is 0 Å². The number of hydrogen-bond donors (Lipinski definition) is 2. The van der Waals surface area contributed by atoms with Crippen molar-refractivity contribution in [3.8, 4) is 0 Å². The van der Waals surface area contributed by atoms with Crippen LogP contribution in [-0.4, -0.2) is 37.5 Å². The fraction of sp³-hybridized carbons (Fsp3) is 1.00. The molecule has 1 saturated carbocycles. The normalized spacial score (nSPS) is 20.8. The average molecular weight is 229 g/mol. The quantitative estimate of drug-likeness (QED) is 0.654. The Hall–Kier alpha value is -0.120. The zero-order valence-corrected chi connectivity index (χ0v) is 11.2. The average Bonchev–Trinajstić information content (AvgIpc) is 3.01. The molecule has 1 aliphatic rings. The number of aliphatic hydroxyl groups is 1. The molecule has 0 aromatic heterocycles. The highest BCUT2D eigenvalue weighted by Gasteiger charge is 2.43. The van der Waals surface area contributed by atoms with Crippen LogP contribution in [0.3, 0.4) is 0 Å². The monoisotopic (exact) mass is 229 g/mol. The highest BCUT2D eigenvalue weighted by Crippen LogP contribution is 2.39. The lowest BCUT2D eigenvalue weighted by atomic mass is 9.92. The van der Waals surface area contributed by atoms with Gasteiger partial charge in [-0.2, -0.15) is 0 Å². The largest absolute Gasteiger partial charge is 0.394 e. The van der Waals surface area contributed by atoms with Gasteiger partial charge in [-0.15, -0.1) is 0 Å². The fourth-order valence-corrected chi connectivity index (χ4v) is 1.92. The van der Waals surface area contributed by atoms with E-state index in [-0.39, 0.29) is 12.1 Å². The van der Waals surface area contributed by atoms with Gasteiger partial charge in [0.05, 0.1) is 18.8 Å². The topological polar surface area (TPSA) is 41.5 Å². The Morgan fingerprint density at radius 2 is 1.94 bits per heavy atom. The van der Waals surface area contributed by atoms with Gasteiger partial charge >= 0.3 is 0 Å². The van der Waals surface area contributed by atoms with Gasteiger partial charge in [0.15, 0.2) is 0 Å². The zero-order valence-electron chi connectivity index (χ0n) is 11.2. The number of aliphatic hydroxyl groups excluding tert-OH is 1. The van der Waals surface area contributed by atoms with Gasteiger partial charge in [-0.1, -0.05) is 20.8 Å². The fourth-order valence-electron chi connectivity index (χ4n) is 1.92. The molecule has 96 valence electrons. The number of ether oxygens (including phenoxy) is 1. The molecule has 1 rings (SSSR count). The summed E-state index contributed by atoms with van der Waals surface area (Å²) in [7, 11) is 1.92. The second-order valence-corrected chi connectivity index (χ2v) is 6.20. The Bertz CT molecular complexity index is 202. The third-order valence-corrected chi connectivity index (χ3v) is 3.49. The summed E-state index contributed by atoms with van der Waals surface area (Å²) in [6.07, 6.45) is 3.48. The first-order valence-corrected chi connectivity index (χ1v) is 6.31. The van der Waals surface area contributed by atoms with E-state index >= 15 is 0 Å². The molecule has 1 aliphatic carbocycles. The summed E-state index contributed by atoms with van der Waals surface area (Å²) in [5, 5.41) is 12.8. The van der Waals surface area contributed by atoms with E-state index in [9.17, 15) is 5.11 Å². The van der Waals surface area contributed by atoms with Gasteiger partial charge in [0, 0.05) is 6.61 Å². The van der Waals surface area contributed by atoms with Gasteiger partial charge in [-0.25, -0.2) is 0 Å². The van der Waals surface area contributed by atoms with Crippen molar-refractivity contribution in [2.24, 2.45) is 11.3 Å². The summed E-state index contributed by atoms with van der Waals surface area (Å²) >= 11 is 0. The molecular formula is C13H27NO2. The molecular weight excluding hydrogens is 202 g/mol. The summed E-state index contributed by atoms with van der Waals surface area (Å²) in [6, 6.07) is 0. The van der Waals surface area contributed by atoms with Crippen LogP contribution in [0.4, 0.5) is 0 Å². The van der Waals surface area contributed by atoms with E-state index in [1.807, 2.05) is 7.05 Å². The third-order valence-electron chi connectivity index (χ3n) is 3.49. The summed E-state index contributed by atoms with van der Waals surface area (Å²) in [5.74, 6) is 0.595. The van der Waals surface area contributed by atoms with Crippen LogP contribution in [0, 0.1) is 11.3 Å². The summed E-state index contributed by atoms with van der Waals surface area (Å²) in [5.41, 5.74) is 0.124. The summed E-state index contributed by atoms with van der Waals surface area (Å²) in [4.78, 5) is 0. The lowest BCUT2D eigenvalue weighted by molar-refractivity contribution is 0.0191. The molecule has 1 fully saturated rings. The van der Waals surface area contributed by atoms with Crippen molar-refractivity contribution in [1.82, 2.24) is 5.32 Å². The van der Waals surface area contributed by atoms with Crippen LogP contribution in [0.1, 0.15) is 40.0 Å². The first-order chi connectivity index (χ1) is 7.43. The lowest BCUT2D eigenvalue weighted by Gasteiger charge is -2.32. The van der Waals surface area contributed by atoms with Crippen LogP contribution >= 0.6 is 0 Å². The minimum Gasteiger partial charge on any atom is -0.394 e. The molecule has 1 unspecified atom stereocenters. The van der Waals surface area contributed by atoms with Crippen LogP contribution in [0.5, 0.6) is 0 Å². The Labute approximate surface area is 99.6 Å². The molecule has 0 aromatic carbocycles. The Balaban J connectivity index is 2.28. The van der Waals surface area contributed by atoms with Gasteiger partial charge in [0.25, 0.3) is 0 Å². The lowest BCUT2D eigenvalue weighted by Crippen LogP contribution is -2.52. The maximum Gasteiger partial charge on any atom is 0.0676 e. The predicted octanol–water partition coefficient (Wildman–Crippen LogP) is 1.80. The van der Waals surface area contributed by atoms with Gasteiger partial charge in [0.2, 0.25) is 0 Å². The molecule has 0 bridgehead atoms. The van der Waals surface area contributed by atoms with Crippen molar-refractivity contribution < 1.29 is 9.84 Å². The van der Waals surface area contributed by atoms with Gasteiger partial charge < -0.3 is 15.2 Å². The molecule has 0 aromatic rings. The minimum atomic E-state index is -0.197. The van der Waals surface area contributed by atoms with Crippen molar-refractivity contribution in [1.29, 1.82) is 0 Å². The minimum absolute atomic E-state index is 0.170. The Kier molecular flexibility index (Phi) is 4.77. The molecule has 3 nitrogen and oxygen atoms in total. The summed E-state index contributed by atoms with van der Waals surface area (Å²) in [6.45, 7) is 8.22.